The van der Waals surface area contributed by atoms with Gasteiger partial charge in [0.05, 0.1) is 5.69 Å². The SMILES string of the molecule is CC(=O)c1ccc(N/N=C2/CCCc3ccccc3C2=O)cc1. The van der Waals surface area contributed by atoms with E-state index in [0.717, 1.165) is 29.7 Å². The van der Waals surface area contributed by atoms with Gasteiger partial charge in [-0.3, -0.25) is 15.0 Å². The number of Topliss-reactive ketones (excluding diaryl/α,β-unsaturated/α-hetero) is 2. The van der Waals surface area contributed by atoms with Gasteiger partial charge in [-0.05, 0) is 56.0 Å². The Balaban J connectivity index is 1.79. The minimum atomic E-state index is -0.00837. The van der Waals surface area contributed by atoms with Crippen LogP contribution >= 0.6 is 0 Å². The van der Waals surface area contributed by atoms with Crippen molar-refractivity contribution in [2.75, 3.05) is 5.43 Å². The lowest BCUT2D eigenvalue weighted by Gasteiger charge is -2.06. The maximum Gasteiger partial charge on any atom is 0.209 e. The van der Waals surface area contributed by atoms with Gasteiger partial charge >= 0.3 is 0 Å². The van der Waals surface area contributed by atoms with E-state index in [2.05, 4.69) is 10.5 Å². The van der Waals surface area contributed by atoms with E-state index in [1.54, 1.807) is 24.3 Å². The first-order valence-corrected chi connectivity index (χ1v) is 7.71. The first-order chi connectivity index (χ1) is 11.1. The summed E-state index contributed by atoms with van der Waals surface area (Å²) in [5, 5.41) is 4.30. The molecule has 0 bridgehead atoms. The Hall–Kier alpha value is -2.75. The lowest BCUT2D eigenvalue weighted by molar-refractivity contribution is 0.101. The third kappa shape index (κ3) is 3.37. The summed E-state index contributed by atoms with van der Waals surface area (Å²) in [6.45, 7) is 1.53. The number of nitrogens with zero attached hydrogens (tertiary/aromatic N) is 1. The molecule has 116 valence electrons. The molecule has 0 amide bonds. The van der Waals surface area contributed by atoms with Gasteiger partial charge in [0, 0.05) is 11.1 Å². The molecule has 0 aliphatic heterocycles. The normalized spacial score (nSPS) is 15.9. The zero-order valence-electron chi connectivity index (χ0n) is 13.0. The highest BCUT2D eigenvalue weighted by Crippen LogP contribution is 2.19. The lowest BCUT2D eigenvalue weighted by Crippen LogP contribution is -2.15. The molecular formula is C19H18N2O2. The van der Waals surface area contributed by atoms with E-state index < -0.39 is 0 Å². The van der Waals surface area contributed by atoms with Gasteiger partial charge in [-0.15, -0.1) is 0 Å². The smallest absolute Gasteiger partial charge is 0.209 e. The monoisotopic (exact) mass is 306 g/mol. The van der Waals surface area contributed by atoms with Crippen molar-refractivity contribution in [2.45, 2.75) is 26.2 Å². The number of aryl methyl sites for hydroxylation is 1. The summed E-state index contributed by atoms with van der Waals surface area (Å²) in [7, 11) is 0. The molecule has 1 aliphatic carbocycles. The summed E-state index contributed by atoms with van der Waals surface area (Å²) >= 11 is 0. The average Bonchev–Trinajstić information content (AvgIpc) is 2.73. The van der Waals surface area contributed by atoms with Crippen LogP contribution in [0, 0.1) is 0 Å². The predicted octanol–water partition coefficient (Wildman–Crippen LogP) is 3.88. The minimum absolute atomic E-state index is 0.00837. The van der Waals surface area contributed by atoms with Crippen LogP contribution in [0.25, 0.3) is 0 Å². The average molecular weight is 306 g/mol. The molecule has 0 saturated heterocycles. The highest BCUT2D eigenvalue weighted by atomic mass is 16.1. The van der Waals surface area contributed by atoms with Crippen LogP contribution in [-0.2, 0) is 6.42 Å². The van der Waals surface area contributed by atoms with Crippen LogP contribution in [0.3, 0.4) is 0 Å². The summed E-state index contributed by atoms with van der Waals surface area (Å²) < 4.78 is 0. The molecule has 0 saturated carbocycles. The molecule has 3 rings (SSSR count). The zero-order chi connectivity index (χ0) is 16.2. The van der Waals surface area contributed by atoms with Crippen LogP contribution in [0.1, 0.15) is 46.0 Å². The van der Waals surface area contributed by atoms with Crippen molar-refractivity contribution in [3.05, 3.63) is 65.2 Å². The van der Waals surface area contributed by atoms with Gasteiger partial charge in [-0.25, -0.2) is 0 Å². The van der Waals surface area contributed by atoms with Crippen LogP contribution in [0.15, 0.2) is 53.6 Å². The molecule has 0 unspecified atom stereocenters. The van der Waals surface area contributed by atoms with E-state index in [9.17, 15) is 9.59 Å². The molecule has 0 radical (unpaired) electrons. The molecule has 23 heavy (non-hydrogen) atoms. The van der Waals surface area contributed by atoms with Crippen molar-refractivity contribution in [1.29, 1.82) is 0 Å². The number of rotatable bonds is 3. The van der Waals surface area contributed by atoms with Crippen LogP contribution in [0.5, 0.6) is 0 Å². The van der Waals surface area contributed by atoms with Gasteiger partial charge in [0.1, 0.15) is 5.71 Å². The summed E-state index contributed by atoms with van der Waals surface area (Å²) in [6.07, 6.45) is 2.47. The maximum atomic E-state index is 12.6. The largest absolute Gasteiger partial charge is 0.295 e. The van der Waals surface area contributed by atoms with E-state index in [1.807, 2.05) is 24.3 Å². The predicted molar refractivity (Wildman–Crippen MR) is 91.2 cm³/mol. The number of hydrazone groups is 1. The van der Waals surface area contributed by atoms with Gasteiger partial charge in [-0.2, -0.15) is 5.10 Å². The van der Waals surface area contributed by atoms with E-state index in [4.69, 9.17) is 0 Å². The highest BCUT2D eigenvalue weighted by molar-refractivity contribution is 6.46. The van der Waals surface area contributed by atoms with Crippen molar-refractivity contribution in [3.63, 3.8) is 0 Å². The molecule has 2 aromatic carbocycles. The first-order valence-electron chi connectivity index (χ1n) is 7.71. The van der Waals surface area contributed by atoms with E-state index in [1.165, 1.54) is 6.92 Å². The minimum Gasteiger partial charge on any atom is -0.295 e. The van der Waals surface area contributed by atoms with E-state index in [0.29, 0.717) is 17.7 Å². The fraction of sp³-hybridized carbons (Fsp3) is 0.211. The van der Waals surface area contributed by atoms with Gasteiger partial charge < -0.3 is 0 Å². The third-order valence-electron chi connectivity index (χ3n) is 4.00. The molecular weight excluding hydrogens is 288 g/mol. The molecule has 4 heteroatoms. The zero-order valence-corrected chi connectivity index (χ0v) is 13.0. The molecule has 1 N–H and O–H groups in total. The van der Waals surface area contributed by atoms with Gasteiger partial charge in [0.15, 0.2) is 5.78 Å². The molecule has 2 aromatic rings. The molecule has 0 fully saturated rings. The van der Waals surface area contributed by atoms with Crippen molar-refractivity contribution >= 4 is 23.0 Å². The number of hydrogen-bond donors (Lipinski definition) is 1. The second-order valence-corrected chi connectivity index (χ2v) is 5.64. The van der Waals surface area contributed by atoms with Crippen LogP contribution < -0.4 is 5.43 Å². The number of carbonyl (C=O) groups excluding carboxylic acids is 2. The maximum absolute atomic E-state index is 12.6. The Kier molecular flexibility index (Phi) is 4.33. The van der Waals surface area contributed by atoms with Crippen LogP contribution in [-0.4, -0.2) is 17.3 Å². The molecule has 4 nitrogen and oxygen atoms in total. The second kappa shape index (κ2) is 6.57. The number of carbonyl (C=O) groups is 2. The second-order valence-electron chi connectivity index (χ2n) is 5.64. The molecule has 0 aromatic heterocycles. The van der Waals surface area contributed by atoms with Gasteiger partial charge in [0.25, 0.3) is 0 Å². The number of benzene rings is 2. The Morgan fingerprint density at radius 2 is 1.78 bits per heavy atom. The highest BCUT2D eigenvalue weighted by Gasteiger charge is 2.20. The van der Waals surface area contributed by atoms with Crippen LogP contribution in [0.4, 0.5) is 5.69 Å². The Morgan fingerprint density at radius 1 is 1.04 bits per heavy atom. The molecule has 0 atom stereocenters. The number of anilines is 1. The lowest BCUT2D eigenvalue weighted by atomic mass is 10.0. The number of ketones is 2. The standard InChI is InChI=1S/C19H18N2O2/c1-13(22)14-9-11-16(12-10-14)20-21-18-8-4-6-15-5-2-3-7-17(15)19(18)23/h2-3,5,7,9-12,20H,4,6,8H2,1H3/b21-18-. The Labute approximate surface area is 135 Å². The quantitative estimate of drug-likeness (QED) is 0.532. The number of nitrogens with one attached hydrogen (secondary N) is 1. The topological polar surface area (TPSA) is 58.5 Å². The van der Waals surface area contributed by atoms with E-state index in [-0.39, 0.29) is 11.6 Å². The van der Waals surface area contributed by atoms with Crippen molar-refractivity contribution in [1.82, 2.24) is 0 Å². The Morgan fingerprint density at radius 3 is 2.52 bits per heavy atom. The summed E-state index contributed by atoms with van der Waals surface area (Å²) in [5.74, 6) is 0.0179. The number of hydrogen-bond acceptors (Lipinski definition) is 4. The first kappa shape index (κ1) is 15.2. The van der Waals surface area contributed by atoms with Crippen molar-refractivity contribution in [2.24, 2.45) is 5.10 Å². The molecule has 1 aliphatic rings. The molecule has 0 heterocycles. The van der Waals surface area contributed by atoms with Gasteiger partial charge in [-0.1, -0.05) is 24.3 Å². The number of fused-ring (bicyclic) bond motifs is 1. The molecule has 0 spiro atoms. The fourth-order valence-electron chi connectivity index (χ4n) is 2.69. The summed E-state index contributed by atoms with van der Waals surface area (Å²) in [6, 6.07) is 14.8. The fourth-order valence-corrected chi connectivity index (χ4v) is 2.69. The van der Waals surface area contributed by atoms with Gasteiger partial charge in [0.2, 0.25) is 5.78 Å². The summed E-state index contributed by atoms with van der Waals surface area (Å²) in [4.78, 5) is 23.9. The van der Waals surface area contributed by atoms with Crippen molar-refractivity contribution in [3.8, 4) is 0 Å². The Bertz CT molecular complexity index is 776. The van der Waals surface area contributed by atoms with Crippen LogP contribution in [0.2, 0.25) is 0 Å². The van der Waals surface area contributed by atoms with Crippen molar-refractivity contribution < 1.29 is 9.59 Å². The van der Waals surface area contributed by atoms with E-state index >= 15 is 0 Å². The third-order valence-corrected chi connectivity index (χ3v) is 4.00. The summed E-state index contributed by atoms with van der Waals surface area (Å²) in [5.41, 5.74) is 6.72.